The molecule has 0 fully saturated rings. The standard InChI is InChI=1S/C13H15NO3/c14-13(11-2-1-5-15-11)9-3-4-10-12(8-9)17-7-6-16-10/h2-4,8,13H,1,5-7,14H2. The van der Waals surface area contributed by atoms with Gasteiger partial charge in [-0.1, -0.05) is 6.07 Å². The minimum absolute atomic E-state index is 0.215. The second kappa shape index (κ2) is 4.30. The summed E-state index contributed by atoms with van der Waals surface area (Å²) in [5.41, 5.74) is 7.13. The Morgan fingerprint density at radius 3 is 2.59 bits per heavy atom. The lowest BCUT2D eigenvalue weighted by Crippen LogP contribution is -2.17. The largest absolute Gasteiger partial charge is 0.496 e. The number of hydrogen-bond acceptors (Lipinski definition) is 4. The predicted molar refractivity (Wildman–Crippen MR) is 63.0 cm³/mol. The lowest BCUT2D eigenvalue weighted by Gasteiger charge is -2.20. The highest BCUT2D eigenvalue weighted by atomic mass is 16.6. The molecule has 0 bridgehead atoms. The summed E-state index contributed by atoms with van der Waals surface area (Å²) in [6.07, 6.45) is 2.98. The van der Waals surface area contributed by atoms with Crippen molar-refractivity contribution in [3.8, 4) is 11.5 Å². The van der Waals surface area contributed by atoms with E-state index in [1.807, 2.05) is 24.3 Å². The fourth-order valence-corrected chi connectivity index (χ4v) is 2.07. The number of fused-ring (bicyclic) bond motifs is 1. The van der Waals surface area contributed by atoms with Crippen LogP contribution in [0.1, 0.15) is 18.0 Å². The van der Waals surface area contributed by atoms with Crippen LogP contribution in [0.4, 0.5) is 0 Å². The Labute approximate surface area is 100.0 Å². The zero-order chi connectivity index (χ0) is 11.7. The molecular formula is C13H15NO3. The highest BCUT2D eigenvalue weighted by Gasteiger charge is 2.19. The van der Waals surface area contributed by atoms with E-state index in [2.05, 4.69) is 0 Å². The van der Waals surface area contributed by atoms with Crippen molar-refractivity contribution in [3.05, 3.63) is 35.6 Å². The van der Waals surface area contributed by atoms with Crippen molar-refractivity contribution in [1.82, 2.24) is 0 Å². The molecule has 2 N–H and O–H groups in total. The maximum atomic E-state index is 6.14. The number of rotatable bonds is 2. The smallest absolute Gasteiger partial charge is 0.161 e. The zero-order valence-electron chi connectivity index (χ0n) is 9.52. The predicted octanol–water partition coefficient (Wildman–Crippen LogP) is 1.76. The Morgan fingerprint density at radius 2 is 1.82 bits per heavy atom. The molecule has 0 amide bonds. The molecule has 0 aliphatic carbocycles. The minimum atomic E-state index is -0.215. The topological polar surface area (TPSA) is 53.7 Å². The average Bonchev–Trinajstić information content (AvgIpc) is 2.91. The van der Waals surface area contributed by atoms with E-state index in [9.17, 15) is 0 Å². The molecule has 1 atom stereocenters. The van der Waals surface area contributed by atoms with E-state index in [0.29, 0.717) is 13.2 Å². The number of nitrogens with two attached hydrogens (primary N) is 1. The molecule has 0 aromatic heterocycles. The van der Waals surface area contributed by atoms with E-state index in [4.69, 9.17) is 19.9 Å². The van der Waals surface area contributed by atoms with Gasteiger partial charge in [0.1, 0.15) is 19.0 Å². The van der Waals surface area contributed by atoms with Gasteiger partial charge >= 0.3 is 0 Å². The van der Waals surface area contributed by atoms with Gasteiger partial charge in [-0.3, -0.25) is 0 Å². The first-order chi connectivity index (χ1) is 8.34. The van der Waals surface area contributed by atoms with Crippen molar-refractivity contribution in [1.29, 1.82) is 0 Å². The highest BCUT2D eigenvalue weighted by molar-refractivity contribution is 5.45. The fraction of sp³-hybridized carbons (Fsp3) is 0.385. The normalized spacial score (nSPS) is 19.5. The summed E-state index contributed by atoms with van der Waals surface area (Å²) < 4.78 is 16.5. The van der Waals surface area contributed by atoms with E-state index in [-0.39, 0.29) is 6.04 Å². The van der Waals surface area contributed by atoms with Crippen LogP contribution in [0.25, 0.3) is 0 Å². The van der Waals surface area contributed by atoms with Crippen LogP contribution in [0.2, 0.25) is 0 Å². The van der Waals surface area contributed by atoms with Gasteiger partial charge in [-0.15, -0.1) is 0 Å². The van der Waals surface area contributed by atoms with Crippen molar-refractivity contribution in [3.63, 3.8) is 0 Å². The maximum Gasteiger partial charge on any atom is 0.161 e. The van der Waals surface area contributed by atoms with Crippen molar-refractivity contribution >= 4 is 0 Å². The first kappa shape index (κ1) is 10.5. The summed E-state index contributed by atoms with van der Waals surface area (Å²) in [6.45, 7) is 1.92. The van der Waals surface area contributed by atoms with Gasteiger partial charge in [-0.25, -0.2) is 0 Å². The second-order valence-electron chi connectivity index (χ2n) is 4.12. The molecule has 17 heavy (non-hydrogen) atoms. The summed E-state index contributed by atoms with van der Waals surface area (Å²) in [7, 11) is 0. The SMILES string of the molecule is NC(C1=CCCO1)c1ccc2c(c1)OCCO2. The third kappa shape index (κ3) is 1.96. The quantitative estimate of drug-likeness (QED) is 0.845. The first-order valence-electron chi connectivity index (χ1n) is 5.82. The number of hydrogen-bond donors (Lipinski definition) is 1. The molecule has 1 aromatic carbocycles. The highest BCUT2D eigenvalue weighted by Crippen LogP contribution is 2.34. The molecule has 2 aliphatic rings. The number of benzene rings is 1. The fourth-order valence-electron chi connectivity index (χ4n) is 2.07. The van der Waals surface area contributed by atoms with Gasteiger partial charge in [0.25, 0.3) is 0 Å². The van der Waals surface area contributed by atoms with E-state index in [0.717, 1.165) is 35.8 Å². The van der Waals surface area contributed by atoms with E-state index >= 15 is 0 Å². The molecule has 0 saturated carbocycles. The average molecular weight is 233 g/mol. The molecule has 90 valence electrons. The van der Waals surface area contributed by atoms with Crippen LogP contribution < -0.4 is 15.2 Å². The van der Waals surface area contributed by atoms with Crippen molar-refractivity contribution in [2.45, 2.75) is 12.5 Å². The Morgan fingerprint density at radius 1 is 1.00 bits per heavy atom. The molecule has 0 radical (unpaired) electrons. The molecule has 2 heterocycles. The molecule has 4 heteroatoms. The molecular weight excluding hydrogens is 218 g/mol. The first-order valence-corrected chi connectivity index (χ1v) is 5.82. The molecule has 4 nitrogen and oxygen atoms in total. The van der Waals surface area contributed by atoms with Gasteiger partial charge in [0.05, 0.1) is 12.6 Å². The summed E-state index contributed by atoms with van der Waals surface area (Å²) in [5, 5.41) is 0. The molecule has 0 saturated heterocycles. The van der Waals surface area contributed by atoms with Crippen LogP contribution in [0.3, 0.4) is 0 Å². The van der Waals surface area contributed by atoms with Crippen LogP contribution in [-0.4, -0.2) is 19.8 Å². The summed E-state index contributed by atoms with van der Waals surface area (Å²) >= 11 is 0. The van der Waals surface area contributed by atoms with Crippen LogP contribution in [-0.2, 0) is 4.74 Å². The van der Waals surface area contributed by atoms with E-state index in [1.165, 1.54) is 0 Å². The Balaban J connectivity index is 1.87. The van der Waals surface area contributed by atoms with Gasteiger partial charge in [-0.2, -0.15) is 0 Å². The Kier molecular flexibility index (Phi) is 2.65. The summed E-state index contributed by atoms with van der Waals surface area (Å²) in [5.74, 6) is 2.40. The van der Waals surface area contributed by atoms with Crippen molar-refractivity contribution in [2.75, 3.05) is 19.8 Å². The molecule has 1 unspecified atom stereocenters. The monoisotopic (exact) mass is 233 g/mol. The van der Waals surface area contributed by atoms with Crippen molar-refractivity contribution in [2.24, 2.45) is 5.73 Å². The zero-order valence-corrected chi connectivity index (χ0v) is 9.52. The van der Waals surface area contributed by atoms with Gasteiger partial charge in [-0.05, 0) is 23.8 Å². The van der Waals surface area contributed by atoms with Crippen LogP contribution in [0.15, 0.2) is 30.0 Å². The van der Waals surface area contributed by atoms with Gasteiger partial charge in [0.2, 0.25) is 0 Å². The lowest BCUT2D eigenvalue weighted by atomic mass is 10.0. The van der Waals surface area contributed by atoms with Crippen molar-refractivity contribution < 1.29 is 14.2 Å². The lowest BCUT2D eigenvalue weighted by molar-refractivity contribution is 0.171. The molecule has 1 aromatic rings. The number of ether oxygens (including phenoxy) is 3. The van der Waals surface area contributed by atoms with Gasteiger partial charge < -0.3 is 19.9 Å². The van der Waals surface area contributed by atoms with Crippen LogP contribution >= 0.6 is 0 Å². The van der Waals surface area contributed by atoms with E-state index < -0.39 is 0 Å². The Hall–Kier alpha value is -1.68. The summed E-state index contributed by atoms with van der Waals surface area (Å²) in [4.78, 5) is 0. The minimum Gasteiger partial charge on any atom is -0.496 e. The molecule has 2 aliphatic heterocycles. The second-order valence-corrected chi connectivity index (χ2v) is 4.12. The third-order valence-corrected chi connectivity index (χ3v) is 2.96. The maximum absolute atomic E-state index is 6.14. The van der Waals surface area contributed by atoms with Gasteiger partial charge in [0, 0.05) is 6.42 Å². The molecule has 3 rings (SSSR count). The van der Waals surface area contributed by atoms with Crippen LogP contribution in [0, 0.1) is 0 Å². The third-order valence-electron chi connectivity index (χ3n) is 2.96. The van der Waals surface area contributed by atoms with Crippen LogP contribution in [0.5, 0.6) is 11.5 Å². The van der Waals surface area contributed by atoms with E-state index in [1.54, 1.807) is 0 Å². The van der Waals surface area contributed by atoms with Gasteiger partial charge in [0.15, 0.2) is 11.5 Å². The molecule has 0 spiro atoms. The Bertz CT molecular complexity index is 456. The summed E-state index contributed by atoms with van der Waals surface area (Å²) in [6, 6.07) is 5.58.